The Morgan fingerprint density at radius 3 is 2.74 bits per heavy atom. The largest absolute Gasteiger partial charge is 0.326 e. The van der Waals surface area contributed by atoms with Crippen LogP contribution in [0.15, 0.2) is 29.6 Å². The molecule has 0 unspecified atom stereocenters. The maximum absolute atomic E-state index is 12.9. The summed E-state index contributed by atoms with van der Waals surface area (Å²) in [6.45, 7) is 7.33. The van der Waals surface area contributed by atoms with Gasteiger partial charge in [0.1, 0.15) is 0 Å². The van der Waals surface area contributed by atoms with E-state index in [9.17, 15) is 4.79 Å². The van der Waals surface area contributed by atoms with Gasteiger partial charge in [0.05, 0.1) is 5.69 Å². The zero-order valence-corrected chi connectivity index (χ0v) is 15.1. The zero-order valence-electron chi connectivity index (χ0n) is 14.3. The minimum Gasteiger partial charge on any atom is -0.326 e. The van der Waals surface area contributed by atoms with Crippen molar-refractivity contribution >= 4 is 22.9 Å². The number of hydrogen-bond acceptors (Lipinski definition) is 3. The number of carbonyl (C=O) groups excluding carboxylic acids is 1. The van der Waals surface area contributed by atoms with Crippen LogP contribution in [0.5, 0.6) is 0 Å². The van der Waals surface area contributed by atoms with E-state index >= 15 is 0 Å². The summed E-state index contributed by atoms with van der Waals surface area (Å²) in [5.41, 5.74) is 9.73. The van der Waals surface area contributed by atoms with Crippen LogP contribution in [0.1, 0.15) is 53.1 Å². The molecule has 3 nitrogen and oxygen atoms in total. The number of carbonyl (C=O) groups is 1. The average Bonchev–Trinajstić information content (AvgIpc) is 2.95. The number of fused-ring (bicyclic) bond motifs is 1. The van der Waals surface area contributed by atoms with Crippen LogP contribution in [0.3, 0.4) is 0 Å². The van der Waals surface area contributed by atoms with Crippen molar-refractivity contribution in [2.75, 3.05) is 11.4 Å². The Balaban J connectivity index is 0.000000924. The minimum absolute atomic E-state index is 0.100. The van der Waals surface area contributed by atoms with Gasteiger partial charge in [-0.3, -0.25) is 4.79 Å². The SMILES string of the molecule is CC.Cc1cc(C(=O)N2CCCCc3sccc32)ccc1CN. The lowest BCUT2D eigenvalue weighted by molar-refractivity contribution is 0.0987. The summed E-state index contributed by atoms with van der Waals surface area (Å²) >= 11 is 1.75. The molecule has 2 N–H and O–H groups in total. The zero-order chi connectivity index (χ0) is 16.8. The molecule has 3 rings (SSSR count). The first-order valence-electron chi connectivity index (χ1n) is 8.38. The Morgan fingerprint density at radius 1 is 1.26 bits per heavy atom. The van der Waals surface area contributed by atoms with E-state index in [-0.39, 0.29) is 5.91 Å². The summed E-state index contributed by atoms with van der Waals surface area (Å²) in [5.74, 6) is 0.100. The lowest BCUT2D eigenvalue weighted by Gasteiger charge is -2.21. The van der Waals surface area contributed by atoms with Gasteiger partial charge in [0.15, 0.2) is 0 Å². The Bertz CT molecular complexity index is 663. The average molecular weight is 330 g/mol. The molecule has 4 heteroatoms. The molecule has 0 fully saturated rings. The lowest BCUT2D eigenvalue weighted by Crippen LogP contribution is -2.31. The molecular weight excluding hydrogens is 304 g/mol. The van der Waals surface area contributed by atoms with Gasteiger partial charge in [0, 0.05) is 23.5 Å². The highest BCUT2D eigenvalue weighted by Crippen LogP contribution is 2.32. The van der Waals surface area contributed by atoms with Crippen LogP contribution < -0.4 is 10.6 Å². The number of anilines is 1. The van der Waals surface area contributed by atoms with Gasteiger partial charge >= 0.3 is 0 Å². The molecule has 1 aromatic carbocycles. The molecule has 1 aliphatic rings. The summed E-state index contributed by atoms with van der Waals surface area (Å²) in [4.78, 5) is 16.1. The summed E-state index contributed by atoms with van der Waals surface area (Å²) in [6.07, 6.45) is 3.30. The highest BCUT2D eigenvalue weighted by Gasteiger charge is 2.23. The van der Waals surface area contributed by atoms with Gasteiger partial charge < -0.3 is 10.6 Å². The predicted octanol–water partition coefficient (Wildman–Crippen LogP) is 4.52. The number of thiophene rings is 1. The van der Waals surface area contributed by atoms with Gasteiger partial charge in [-0.2, -0.15) is 0 Å². The van der Waals surface area contributed by atoms with Crippen molar-refractivity contribution in [3.05, 3.63) is 51.2 Å². The molecule has 124 valence electrons. The van der Waals surface area contributed by atoms with Crippen molar-refractivity contribution in [1.82, 2.24) is 0 Å². The second-order valence-corrected chi connectivity index (χ2v) is 6.49. The van der Waals surface area contributed by atoms with Crippen molar-refractivity contribution in [3.8, 4) is 0 Å². The molecule has 1 amide bonds. The highest BCUT2D eigenvalue weighted by atomic mass is 32.1. The van der Waals surface area contributed by atoms with Crippen LogP contribution in [0, 0.1) is 6.92 Å². The second-order valence-electron chi connectivity index (χ2n) is 5.49. The van der Waals surface area contributed by atoms with Crippen molar-refractivity contribution in [1.29, 1.82) is 0 Å². The third-order valence-corrected chi connectivity index (χ3v) is 5.07. The van der Waals surface area contributed by atoms with E-state index in [1.165, 1.54) is 4.88 Å². The topological polar surface area (TPSA) is 46.3 Å². The predicted molar refractivity (Wildman–Crippen MR) is 99.4 cm³/mol. The Hall–Kier alpha value is -1.65. The van der Waals surface area contributed by atoms with Gasteiger partial charge in [0.2, 0.25) is 0 Å². The molecule has 0 atom stereocenters. The molecular formula is C19H26N2OS. The molecule has 0 bridgehead atoms. The highest BCUT2D eigenvalue weighted by molar-refractivity contribution is 7.10. The maximum Gasteiger partial charge on any atom is 0.258 e. The van der Waals surface area contributed by atoms with Gasteiger partial charge in [-0.25, -0.2) is 0 Å². The van der Waals surface area contributed by atoms with E-state index in [1.807, 2.05) is 43.9 Å². The molecule has 0 spiro atoms. The maximum atomic E-state index is 12.9. The monoisotopic (exact) mass is 330 g/mol. The van der Waals surface area contributed by atoms with Crippen LogP contribution in [-0.4, -0.2) is 12.5 Å². The van der Waals surface area contributed by atoms with E-state index in [2.05, 4.69) is 11.4 Å². The Morgan fingerprint density at radius 2 is 2.04 bits per heavy atom. The number of nitrogens with zero attached hydrogens (tertiary/aromatic N) is 1. The number of rotatable bonds is 2. The quantitative estimate of drug-likeness (QED) is 0.879. The first-order chi connectivity index (χ1) is 11.2. The molecule has 0 saturated carbocycles. The Labute approximate surface area is 143 Å². The molecule has 2 aromatic rings. The third-order valence-electron chi connectivity index (χ3n) is 4.10. The van der Waals surface area contributed by atoms with Gasteiger partial charge in [-0.15, -0.1) is 11.3 Å². The van der Waals surface area contributed by atoms with E-state index in [0.29, 0.717) is 6.54 Å². The smallest absolute Gasteiger partial charge is 0.258 e. The molecule has 0 saturated heterocycles. The number of aryl methyl sites for hydroxylation is 2. The summed E-state index contributed by atoms with van der Waals surface area (Å²) in [7, 11) is 0. The van der Waals surface area contributed by atoms with Crippen molar-refractivity contribution < 1.29 is 4.79 Å². The third kappa shape index (κ3) is 3.82. The molecule has 2 heterocycles. The fourth-order valence-corrected chi connectivity index (χ4v) is 3.78. The van der Waals surface area contributed by atoms with Crippen molar-refractivity contribution in [2.45, 2.75) is 46.6 Å². The van der Waals surface area contributed by atoms with E-state index in [1.54, 1.807) is 11.3 Å². The number of nitrogens with two attached hydrogens (primary N) is 1. The van der Waals surface area contributed by atoms with E-state index < -0.39 is 0 Å². The first kappa shape index (κ1) is 17.7. The van der Waals surface area contributed by atoms with Gasteiger partial charge in [0.25, 0.3) is 5.91 Å². The van der Waals surface area contributed by atoms with Crippen LogP contribution in [-0.2, 0) is 13.0 Å². The lowest BCUT2D eigenvalue weighted by atomic mass is 10.0. The Kier molecular flexibility index (Phi) is 6.37. The van der Waals surface area contributed by atoms with Crippen molar-refractivity contribution in [2.24, 2.45) is 5.73 Å². The molecule has 0 aliphatic carbocycles. The standard InChI is InChI=1S/C17H20N2OS.C2H6/c1-12-10-13(5-6-14(12)11-18)17(20)19-8-3-2-4-16-15(19)7-9-21-16;1-2/h5-7,9-10H,2-4,8,11,18H2,1H3;1-2H3. The summed E-state index contributed by atoms with van der Waals surface area (Å²) < 4.78 is 0. The summed E-state index contributed by atoms with van der Waals surface area (Å²) in [5, 5.41) is 2.08. The van der Waals surface area contributed by atoms with Gasteiger partial charge in [-0.05, 0) is 60.9 Å². The van der Waals surface area contributed by atoms with E-state index in [4.69, 9.17) is 5.73 Å². The van der Waals surface area contributed by atoms with Crippen molar-refractivity contribution in [3.63, 3.8) is 0 Å². The summed E-state index contributed by atoms with van der Waals surface area (Å²) in [6, 6.07) is 7.90. The first-order valence-corrected chi connectivity index (χ1v) is 9.26. The number of amides is 1. The normalized spacial score (nSPS) is 13.7. The van der Waals surface area contributed by atoms with Crippen LogP contribution in [0.25, 0.3) is 0 Å². The number of benzene rings is 1. The fraction of sp³-hybridized carbons (Fsp3) is 0.421. The minimum atomic E-state index is 0.100. The molecule has 0 radical (unpaired) electrons. The molecule has 1 aliphatic heterocycles. The van der Waals surface area contributed by atoms with Crippen LogP contribution in [0.2, 0.25) is 0 Å². The van der Waals surface area contributed by atoms with Gasteiger partial charge in [-0.1, -0.05) is 19.9 Å². The fourth-order valence-electron chi connectivity index (χ4n) is 2.86. The van der Waals surface area contributed by atoms with Crippen LogP contribution >= 0.6 is 11.3 Å². The number of hydrogen-bond donors (Lipinski definition) is 1. The van der Waals surface area contributed by atoms with Crippen LogP contribution in [0.4, 0.5) is 5.69 Å². The van der Waals surface area contributed by atoms with E-state index in [0.717, 1.165) is 48.2 Å². The second kappa shape index (κ2) is 8.27. The molecule has 1 aromatic heterocycles. The molecule has 23 heavy (non-hydrogen) atoms.